The molecule has 2 saturated heterocycles. The molecule has 2 fully saturated rings. The van der Waals surface area contributed by atoms with E-state index in [1.54, 1.807) is 0 Å². The second kappa shape index (κ2) is 9.30. The third kappa shape index (κ3) is 5.02. The maximum Gasteiger partial charge on any atom is 0.241 e. The summed E-state index contributed by atoms with van der Waals surface area (Å²) < 4.78 is 5.43. The Hall–Kier alpha value is -1.46. The molecule has 5 nitrogen and oxygen atoms in total. The van der Waals surface area contributed by atoms with Crippen LogP contribution in [-0.2, 0) is 9.53 Å². The molecule has 1 aromatic carbocycles. The lowest BCUT2D eigenvalue weighted by molar-refractivity contribution is -0.129. The predicted molar refractivity (Wildman–Crippen MR) is 103 cm³/mol. The van der Waals surface area contributed by atoms with Crippen LogP contribution >= 0.6 is 11.6 Å². The Kier molecular flexibility index (Phi) is 6.82. The Balaban J connectivity index is 1.64. The number of halogens is 1. The summed E-state index contributed by atoms with van der Waals surface area (Å²) in [4.78, 5) is 16.8. The Morgan fingerprint density at radius 3 is 2.44 bits per heavy atom. The molecule has 25 heavy (non-hydrogen) atoms. The minimum Gasteiger partial charge on any atom is -0.378 e. The van der Waals surface area contributed by atoms with E-state index < -0.39 is 0 Å². The Morgan fingerprint density at radius 1 is 1.04 bits per heavy atom. The molecular weight excluding hydrogens is 338 g/mol. The van der Waals surface area contributed by atoms with E-state index in [0.29, 0.717) is 24.8 Å². The van der Waals surface area contributed by atoms with E-state index in [-0.39, 0.29) is 5.91 Å². The highest BCUT2D eigenvalue weighted by Crippen LogP contribution is 2.34. The fourth-order valence-corrected chi connectivity index (χ4v) is 3.84. The molecule has 2 aliphatic heterocycles. The van der Waals surface area contributed by atoms with E-state index in [1.165, 1.54) is 19.3 Å². The number of ether oxygens (including phenoxy) is 1. The lowest BCUT2D eigenvalue weighted by Crippen LogP contribution is -2.39. The van der Waals surface area contributed by atoms with Crippen molar-refractivity contribution < 1.29 is 9.53 Å². The molecule has 138 valence electrons. The van der Waals surface area contributed by atoms with Crippen LogP contribution in [0.5, 0.6) is 0 Å². The number of likely N-dealkylation sites (tertiary alicyclic amines) is 1. The number of amides is 1. The highest BCUT2D eigenvalue weighted by molar-refractivity contribution is 6.34. The minimum atomic E-state index is 0.176. The van der Waals surface area contributed by atoms with Gasteiger partial charge in [-0.2, -0.15) is 0 Å². The molecule has 2 aliphatic rings. The van der Waals surface area contributed by atoms with Crippen LogP contribution in [0, 0.1) is 0 Å². The van der Waals surface area contributed by atoms with Crippen molar-refractivity contribution >= 4 is 28.9 Å². The van der Waals surface area contributed by atoms with Crippen molar-refractivity contribution in [2.24, 2.45) is 0 Å². The number of hydrogen-bond donors (Lipinski definition) is 1. The Bertz CT molecular complexity index is 568. The van der Waals surface area contributed by atoms with Crippen molar-refractivity contribution in [1.82, 2.24) is 4.90 Å². The summed E-state index contributed by atoms with van der Waals surface area (Å²) in [7, 11) is 0. The van der Waals surface area contributed by atoms with E-state index >= 15 is 0 Å². The number of carbonyl (C=O) groups is 1. The van der Waals surface area contributed by atoms with Gasteiger partial charge in [-0.25, -0.2) is 0 Å². The average Bonchev–Trinajstić information content (AvgIpc) is 2.60. The molecule has 0 radical (unpaired) electrons. The molecular formula is C19H28ClN3O2. The molecule has 1 N–H and O–H groups in total. The van der Waals surface area contributed by atoms with Crippen LogP contribution in [0.1, 0.15) is 32.1 Å². The van der Waals surface area contributed by atoms with Gasteiger partial charge in [-0.1, -0.05) is 36.9 Å². The number of rotatable bonds is 4. The van der Waals surface area contributed by atoms with E-state index in [1.807, 2.05) is 23.1 Å². The first-order valence-electron chi connectivity index (χ1n) is 9.38. The molecule has 1 amide bonds. The zero-order valence-corrected chi connectivity index (χ0v) is 15.6. The third-order valence-electron chi connectivity index (χ3n) is 4.95. The molecule has 0 unspecified atom stereocenters. The predicted octanol–water partition coefficient (Wildman–Crippen LogP) is 3.38. The van der Waals surface area contributed by atoms with Crippen LogP contribution in [0.25, 0.3) is 0 Å². The number of hydrogen-bond acceptors (Lipinski definition) is 4. The Morgan fingerprint density at radius 2 is 1.72 bits per heavy atom. The van der Waals surface area contributed by atoms with E-state index in [9.17, 15) is 4.79 Å². The maximum atomic E-state index is 12.6. The Labute approximate surface area is 155 Å². The molecule has 0 saturated carbocycles. The summed E-state index contributed by atoms with van der Waals surface area (Å²) in [6.07, 6.45) is 5.98. The summed E-state index contributed by atoms with van der Waals surface area (Å²) >= 11 is 6.45. The van der Waals surface area contributed by atoms with Crippen LogP contribution < -0.4 is 10.2 Å². The second-order valence-electron chi connectivity index (χ2n) is 6.74. The van der Waals surface area contributed by atoms with Gasteiger partial charge in [-0.15, -0.1) is 0 Å². The number of anilines is 2. The minimum absolute atomic E-state index is 0.176. The van der Waals surface area contributed by atoms with Crippen molar-refractivity contribution in [2.75, 3.05) is 56.2 Å². The van der Waals surface area contributed by atoms with Crippen molar-refractivity contribution in [3.8, 4) is 0 Å². The fourth-order valence-electron chi connectivity index (χ4n) is 3.55. The number of benzene rings is 1. The molecule has 1 aromatic rings. The fraction of sp³-hybridized carbons (Fsp3) is 0.632. The standard InChI is InChI=1S/C19H28ClN3O2/c20-16-7-6-8-17(19(16)23-11-13-25-14-12-23)21-15-18(24)22-9-4-2-1-3-5-10-22/h6-8,21H,1-5,9-15H2. The van der Waals surface area contributed by atoms with Gasteiger partial charge in [0.2, 0.25) is 5.91 Å². The molecule has 6 heteroatoms. The number of carbonyl (C=O) groups excluding carboxylic acids is 1. The topological polar surface area (TPSA) is 44.8 Å². The van der Waals surface area contributed by atoms with Crippen molar-refractivity contribution in [3.63, 3.8) is 0 Å². The number of nitrogens with one attached hydrogen (secondary N) is 1. The van der Waals surface area contributed by atoms with E-state index in [4.69, 9.17) is 16.3 Å². The van der Waals surface area contributed by atoms with Crippen LogP contribution in [0.3, 0.4) is 0 Å². The summed E-state index contributed by atoms with van der Waals surface area (Å²) in [5, 5.41) is 4.04. The first kappa shape index (κ1) is 18.3. The normalized spacial score (nSPS) is 19.2. The lowest BCUT2D eigenvalue weighted by Gasteiger charge is -2.31. The van der Waals surface area contributed by atoms with Gasteiger partial charge in [0.05, 0.1) is 36.2 Å². The molecule has 3 rings (SSSR count). The summed E-state index contributed by atoms with van der Waals surface area (Å²) in [5.74, 6) is 0.176. The van der Waals surface area contributed by atoms with Crippen molar-refractivity contribution in [2.45, 2.75) is 32.1 Å². The number of nitrogens with zero attached hydrogens (tertiary/aromatic N) is 2. The van der Waals surface area contributed by atoms with Crippen LogP contribution in [0.2, 0.25) is 5.02 Å². The highest BCUT2D eigenvalue weighted by Gasteiger charge is 2.19. The molecule has 0 aliphatic carbocycles. The largest absolute Gasteiger partial charge is 0.378 e. The molecule has 0 aromatic heterocycles. The maximum absolute atomic E-state index is 12.6. The average molecular weight is 366 g/mol. The first-order chi connectivity index (χ1) is 12.3. The molecule has 0 atom stereocenters. The smallest absolute Gasteiger partial charge is 0.241 e. The van der Waals surface area contributed by atoms with Gasteiger partial charge >= 0.3 is 0 Å². The van der Waals surface area contributed by atoms with Gasteiger partial charge < -0.3 is 19.9 Å². The van der Waals surface area contributed by atoms with Crippen molar-refractivity contribution in [3.05, 3.63) is 23.2 Å². The van der Waals surface area contributed by atoms with Gasteiger partial charge in [0.25, 0.3) is 0 Å². The van der Waals surface area contributed by atoms with E-state index in [0.717, 1.165) is 50.4 Å². The van der Waals surface area contributed by atoms with Crippen LogP contribution in [0.15, 0.2) is 18.2 Å². The SMILES string of the molecule is O=C(CNc1cccc(Cl)c1N1CCOCC1)N1CCCCCCC1. The molecule has 0 spiro atoms. The van der Waals surface area contributed by atoms with Gasteiger partial charge in [0.15, 0.2) is 0 Å². The van der Waals surface area contributed by atoms with Gasteiger partial charge in [0, 0.05) is 26.2 Å². The van der Waals surface area contributed by atoms with Crippen molar-refractivity contribution in [1.29, 1.82) is 0 Å². The highest BCUT2D eigenvalue weighted by atomic mass is 35.5. The van der Waals surface area contributed by atoms with Crippen LogP contribution in [-0.4, -0.2) is 56.7 Å². The summed E-state index contributed by atoms with van der Waals surface area (Å²) in [6.45, 7) is 5.13. The molecule has 0 bridgehead atoms. The molecule has 2 heterocycles. The van der Waals surface area contributed by atoms with Gasteiger partial charge in [-0.05, 0) is 25.0 Å². The monoisotopic (exact) mass is 365 g/mol. The van der Waals surface area contributed by atoms with Crippen LogP contribution in [0.4, 0.5) is 11.4 Å². The quantitative estimate of drug-likeness (QED) is 0.888. The first-order valence-corrected chi connectivity index (χ1v) is 9.76. The lowest BCUT2D eigenvalue weighted by atomic mass is 10.1. The summed E-state index contributed by atoms with van der Waals surface area (Å²) in [6, 6.07) is 5.82. The second-order valence-corrected chi connectivity index (χ2v) is 7.14. The summed E-state index contributed by atoms with van der Waals surface area (Å²) in [5.41, 5.74) is 1.91. The number of para-hydroxylation sites is 1. The zero-order chi connectivity index (χ0) is 17.5. The zero-order valence-electron chi connectivity index (χ0n) is 14.8. The van der Waals surface area contributed by atoms with Gasteiger partial charge in [0.1, 0.15) is 0 Å². The van der Waals surface area contributed by atoms with Gasteiger partial charge in [-0.3, -0.25) is 4.79 Å². The van der Waals surface area contributed by atoms with E-state index in [2.05, 4.69) is 10.2 Å². The number of morpholine rings is 1. The third-order valence-corrected chi connectivity index (χ3v) is 5.26.